The molecule has 4 nitrogen and oxygen atoms in total. The van der Waals surface area contributed by atoms with E-state index < -0.39 is 0 Å². The van der Waals surface area contributed by atoms with Gasteiger partial charge in [0.05, 0.1) is 29.0 Å². The van der Waals surface area contributed by atoms with Gasteiger partial charge in [0.2, 0.25) is 5.91 Å². The Labute approximate surface area is 168 Å². The summed E-state index contributed by atoms with van der Waals surface area (Å²) in [6.45, 7) is 0. The zero-order chi connectivity index (χ0) is 18.3. The molecule has 1 spiro atoms. The van der Waals surface area contributed by atoms with Gasteiger partial charge in [0.15, 0.2) is 0 Å². The standard InChI is InChI=1S/C19H24ClNO3S2/c1-23-16-10-17(24-2)15(9-14(16)20)21-18(22)11-7-12-3-4-13(8-11)19(12)25-5-6-26-19/h9-13H,3-8H2,1-2H3,(H,21,22). The molecule has 2 aliphatic carbocycles. The Hall–Kier alpha value is -0.720. The SMILES string of the molecule is COc1cc(OC)c(NC(=O)C2CC3CCC(C2)C32SCCS2)cc1Cl. The highest BCUT2D eigenvalue weighted by Gasteiger charge is 2.57. The van der Waals surface area contributed by atoms with Crippen LogP contribution in [0.1, 0.15) is 25.7 Å². The monoisotopic (exact) mass is 413 g/mol. The Morgan fingerprint density at radius 3 is 2.31 bits per heavy atom. The minimum absolute atomic E-state index is 0.0745. The minimum atomic E-state index is 0.0745. The first-order chi connectivity index (χ1) is 12.6. The normalized spacial score (nSPS) is 29.0. The number of rotatable bonds is 4. The second-order valence-corrected chi connectivity index (χ2v) is 10.6. The number of hydrogen-bond donors (Lipinski definition) is 1. The van der Waals surface area contributed by atoms with Crippen LogP contribution in [0.15, 0.2) is 12.1 Å². The van der Waals surface area contributed by atoms with Crippen molar-refractivity contribution in [3.05, 3.63) is 17.2 Å². The molecule has 1 aromatic rings. The van der Waals surface area contributed by atoms with Gasteiger partial charge in [-0.2, -0.15) is 0 Å². The van der Waals surface area contributed by atoms with Crippen molar-refractivity contribution < 1.29 is 14.3 Å². The number of anilines is 1. The minimum Gasteiger partial charge on any atom is -0.495 e. The van der Waals surface area contributed by atoms with Crippen molar-refractivity contribution in [2.24, 2.45) is 17.8 Å². The molecule has 2 saturated carbocycles. The average molecular weight is 414 g/mol. The van der Waals surface area contributed by atoms with Gasteiger partial charge in [-0.15, -0.1) is 23.5 Å². The van der Waals surface area contributed by atoms with Gasteiger partial charge in [-0.05, 0) is 43.6 Å². The lowest BCUT2D eigenvalue weighted by Crippen LogP contribution is -2.41. The maximum absolute atomic E-state index is 13.0. The van der Waals surface area contributed by atoms with Gasteiger partial charge in [0.25, 0.3) is 0 Å². The van der Waals surface area contributed by atoms with Crippen LogP contribution in [-0.4, -0.2) is 35.7 Å². The number of hydrogen-bond acceptors (Lipinski definition) is 5. The molecule has 1 aromatic carbocycles. The first-order valence-electron chi connectivity index (χ1n) is 9.07. The van der Waals surface area contributed by atoms with Crippen molar-refractivity contribution >= 4 is 46.7 Å². The lowest BCUT2D eigenvalue weighted by atomic mass is 9.79. The predicted molar refractivity (Wildman–Crippen MR) is 110 cm³/mol. The molecule has 0 aromatic heterocycles. The summed E-state index contributed by atoms with van der Waals surface area (Å²) in [6, 6.07) is 3.42. The number of thioether (sulfide) groups is 2. The van der Waals surface area contributed by atoms with E-state index in [2.05, 4.69) is 28.8 Å². The van der Waals surface area contributed by atoms with E-state index in [1.807, 2.05) is 0 Å². The lowest BCUT2D eigenvalue weighted by Gasteiger charge is -2.42. The largest absolute Gasteiger partial charge is 0.495 e. The number of amides is 1. The smallest absolute Gasteiger partial charge is 0.227 e. The van der Waals surface area contributed by atoms with Crippen LogP contribution in [-0.2, 0) is 4.79 Å². The van der Waals surface area contributed by atoms with Gasteiger partial charge in [-0.1, -0.05) is 11.6 Å². The summed E-state index contributed by atoms with van der Waals surface area (Å²) in [5, 5.41) is 3.52. The molecule has 1 heterocycles. The van der Waals surface area contributed by atoms with Crippen molar-refractivity contribution in [2.45, 2.75) is 29.8 Å². The van der Waals surface area contributed by atoms with Crippen LogP contribution in [0.5, 0.6) is 11.5 Å². The van der Waals surface area contributed by atoms with Crippen molar-refractivity contribution in [3.8, 4) is 11.5 Å². The van der Waals surface area contributed by atoms with Crippen LogP contribution >= 0.6 is 35.1 Å². The van der Waals surface area contributed by atoms with Gasteiger partial charge >= 0.3 is 0 Å². The number of halogens is 1. The molecule has 142 valence electrons. The van der Waals surface area contributed by atoms with Crippen molar-refractivity contribution in [1.82, 2.24) is 0 Å². The third-order valence-corrected chi connectivity index (χ3v) is 10.3. The number of carbonyl (C=O) groups excluding carboxylic acids is 1. The fourth-order valence-corrected chi connectivity index (χ4v) is 8.99. The van der Waals surface area contributed by atoms with Crippen LogP contribution in [0.3, 0.4) is 0 Å². The van der Waals surface area contributed by atoms with E-state index in [4.69, 9.17) is 21.1 Å². The van der Waals surface area contributed by atoms with Crippen LogP contribution in [0.4, 0.5) is 5.69 Å². The molecule has 2 bridgehead atoms. The summed E-state index contributed by atoms with van der Waals surface area (Å²) in [5.41, 5.74) is 0.612. The Morgan fingerprint density at radius 1 is 1.12 bits per heavy atom. The summed E-state index contributed by atoms with van der Waals surface area (Å²) in [7, 11) is 3.14. The molecule has 7 heteroatoms. The first kappa shape index (κ1) is 18.6. The lowest BCUT2D eigenvalue weighted by molar-refractivity contribution is -0.121. The molecule has 1 saturated heterocycles. The quantitative estimate of drug-likeness (QED) is 0.759. The zero-order valence-corrected chi connectivity index (χ0v) is 17.4. The second kappa shape index (κ2) is 7.36. The fraction of sp³-hybridized carbons (Fsp3) is 0.632. The fourth-order valence-electron chi connectivity index (χ4n) is 4.81. The van der Waals surface area contributed by atoms with Gasteiger partial charge in [0.1, 0.15) is 11.5 Å². The van der Waals surface area contributed by atoms with E-state index in [9.17, 15) is 4.79 Å². The van der Waals surface area contributed by atoms with E-state index in [0.29, 0.717) is 38.1 Å². The average Bonchev–Trinajstić information content (AvgIpc) is 3.17. The Kier molecular flexibility index (Phi) is 5.28. The molecule has 1 amide bonds. The van der Waals surface area contributed by atoms with E-state index in [1.165, 1.54) is 24.3 Å². The molecule has 3 fully saturated rings. The summed E-state index contributed by atoms with van der Waals surface area (Å²) >= 11 is 10.5. The van der Waals surface area contributed by atoms with Crippen LogP contribution in [0, 0.1) is 17.8 Å². The van der Waals surface area contributed by atoms with Crippen LogP contribution in [0.2, 0.25) is 5.02 Å². The maximum Gasteiger partial charge on any atom is 0.227 e. The van der Waals surface area contributed by atoms with Crippen LogP contribution in [0.25, 0.3) is 0 Å². The van der Waals surface area contributed by atoms with Gasteiger partial charge in [-0.3, -0.25) is 4.79 Å². The van der Waals surface area contributed by atoms with Gasteiger partial charge < -0.3 is 14.8 Å². The van der Waals surface area contributed by atoms with E-state index in [-0.39, 0.29) is 11.8 Å². The Morgan fingerprint density at radius 2 is 1.73 bits per heavy atom. The highest BCUT2D eigenvalue weighted by molar-refractivity contribution is 8.21. The topological polar surface area (TPSA) is 47.6 Å². The van der Waals surface area contributed by atoms with Crippen LogP contribution < -0.4 is 14.8 Å². The number of nitrogens with one attached hydrogen (secondary N) is 1. The molecule has 1 N–H and O–H groups in total. The van der Waals surface area contributed by atoms with Gasteiger partial charge in [0, 0.05) is 23.5 Å². The number of benzene rings is 1. The van der Waals surface area contributed by atoms with Crippen molar-refractivity contribution in [1.29, 1.82) is 0 Å². The predicted octanol–water partition coefficient (Wildman–Crippen LogP) is 4.91. The maximum atomic E-state index is 13.0. The third-order valence-electron chi connectivity index (χ3n) is 5.98. The molecule has 2 atom stereocenters. The highest BCUT2D eigenvalue weighted by Crippen LogP contribution is 2.65. The summed E-state index contributed by atoms with van der Waals surface area (Å²) in [6.07, 6.45) is 4.53. The molecule has 2 unspecified atom stereocenters. The molecule has 26 heavy (non-hydrogen) atoms. The Bertz CT molecular complexity index is 692. The number of ether oxygens (including phenoxy) is 2. The molecular weight excluding hydrogens is 390 g/mol. The number of methoxy groups -OCH3 is 2. The number of carbonyl (C=O) groups is 1. The van der Waals surface area contributed by atoms with Crippen molar-refractivity contribution in [3.63, 3.8) is 0 Å². The van der Waals surface area contributed by atoms with Gasteiger partial charge in [-0.25, -0.2) is 0 Å². The summed E-state index contributed by atoms with van der Waals surface area (Å²) < 4.78 is 11.0. The highest BCUT2D eigenvalue weighted by atomic mass is 35.5. The third kappa shape index (κ3) is 3.08. The second-order valence-electron chi connectivity index (χ2n) is 7.23. The first-order valence-corrected chi connectivity index (χ1v) is 11.4. The molecule has 1 aliphatic heterocycles. The molecule has 0 radical (unpaired) electrons. The Balaban J connectivity index is 1.49. The summed E-state index contributed by atoms with van der Waals surface area (Å²) in [4.78, 5) is 13.0. The molecule has 4 rings (SSSR count). The van der Waals surface area contributed by atoms with E-state index in [0.717, 1.165) is 12.8 Å². The van der Waals surface area contributed by atoms with E-state index in [1.54, 1.807) is 26.4 Å². The molecule has 3 aliphatic rings. The van der Waals surface area contributed by atoms with Crippen molar-refractivity contribution in [2.75, 3.05) is 31.0 Å². The van der Waals surface area contributed by atoms with E-state index >= 15 is 0 Å². The molecular formula is C19H24ClNO3S2. The summed E-state index contributed by atoms with van der Waals surface area (Å²) in [5.74, 6) is 5.11. The zero-order valence-electron chi connectivity index (χ0n) is 15.0.